The van der Waals surface area contributed by atoms with E-state index in [1.54, 1.807) is 0 Å². The van der Waals surface area contributed by atoms with E-state index in [0.29, 0.717) is 0 Å². The quantitative estimate of drug-likeness (QED) is 0.458. The van der Waals surface area contributed by atoms with Crippen LogP contribution in [0, 0.1) is 0 Å². The van der Waals surface area contributed by atoms with Crippen LogP contribution in [0.2, 0.25) is 0 Å². The van der Waals surface area contributed by atoms with E-state index in [4.69, 9.17) is 5.73 Å². The summed E-state index contributed by atoms with van der Waals surface area (Å²) in [5, 5.41) is 3.89. The maximum atomic E-state index is 5.74. The molecule has 0 unspecified atom stereocenters. The zero-order chi connectivity index (χ0) is 18.8. The summed E-state index contributed by atoms with van der Waals surface area (Å²) in [5.41, 5.74) is 12.1. The van der Waals surface area contributed by atoms with Crippen LogP contribution in [0.3, 0.4) is 0 Å². The van der Waals surface area contributed by atoms with Crippen molar-refractivity contribution in [1.82, 2.24) is 4.98 Å². The molecule has 3 N–H and O–H groups in total. The van der Waals surface area contributed by atoms with Crippen molar-refractivity contribution < 1.29 is 0 Å². The van der Waals surface area contributed by atoms with Gasteiger partial charge in [0.2, 0.25) is 0 Å². The molecule has 0 aliphatic carbocycles. The summed E-state index contributed by atoms with van der Waals surface area (Å²) in [7, 11) is 4.14. The van der Waals surface area contributed by atoms with Crippen LogP contribution in [0.4, 0.5) is 5.69 Å². The summed E-state index contributed by atoms with van der Waals surface area (Å²) in [4.78, 5) is 5.88. The minimum absolute atomic E-state index is 0.748. The van der Waals surface area contributed by atoms with Crippen molar-refractivity contribution in [2.24, 2.45) is 5.73 Å². The Kier molecular flexibility index (Phi) is 4.87. The van der Waals surface area contributed by atoms with Crippen LogP contribution in [-0.4, -0.2) is 25.6 Å². The van der Waals surface area contributed by atoms with E-state index in [9.17, 15) is 0 Å². The molecule has 0 spiro atoms. The van der Waals surface area contributed by atoms with Gasteiger partial charge in [-0.15, -0.1) is 0 Å². The molecule has 0 amide bonds. The van der Waals surface area contributed by atoms with Gasteiger partial charge in [-0.2, -0.15) is 0 Å². The molecule has 0 bridgehead atoms. The monoisotopic (exact) mass is 357 g/mol. The van der Waals surface area contributed by atoms with Crippen LogP contribution in [-0.2, 0) is 6.42 Å². The maximum Gasteiger partial charge on any atom is 0.0541 e. The topological polar surface area (TPSA) is 45.0 Å². The number of hydrogen-bond acceptors (Lipinski definition) is 2. The number of nitrogens with zero attached hydrogens (tertiary/aromatic N) is 1. The molecule has 3 nitrogen and oxygen atoms in total. The third-order valence-corrected chi connectivity index (χ3v) is 5.36. The lowest BCUT2D eigenvalue weighted by molar-refractivity contribution is 0.748. The van der Waals surface area contributed by atoms with Crippen molar-refractivity contribution >= 4 is 27.4 Å². The van der Waals surface area contributed by atoms with Gasteiger partial charge in [0, 0.05) is 36.2 Å². The first-order chi connectivity index (χ1) is 13.2. The summed E-state index contributed by atoms with van der Waals surface area (Å²) >= 11 is 0. The van der Waals surface area contributed by atoms with Crippen molar-refractivity contribution in [2.75, 3.05) is 25.5 Å². The zero-order valence-electron chi connectivity index (χ0n) is 16.1. The number of anilines is 1. The fourth-order valence-corrected chi connectivity index (χ4v) is 3.87. The molecule has 0 aliphatic rings. The molecule has 0 saturated carbocycles. The molecular formula is C24H27N3. The van der Waals surface area contributed by atoms with Gasteiger partial charge in [0.1, 0.15) is 0 Å². The van der Waals surface area contributed by atoms with Crippen LogP contribution in [0.25, 0.3) is 32.9 Å². The second-order valence-electron chi connectivity index (χ2n) is 7.37. The number of aryl methyl sites for hydroxylation is 1. The lowest BCUT2D eigenvalue weighted by Gasteiger charge is -2.13. The number of aromatic nitrogens is 1. The maximum absolute atomic E-state index is 5.74. The molecule has 3 heteroatoms. The second-order valence-corrected chi connectivity index (χ2v) is 7.37. The highest BCUT2D eigenvalue weighted by molar-refractivity contribution is 6.08. The van der Waals surface area contributed by atoms with Crippen LogP contribution < -0.4 is 10.6 Å². The van der Waals surface area contributed by atoms with E-state index >= 15 is 0 Å². The van der Waals surface area contributed by atoms with Gasteiger partial charge in [0.25, 0.3) is 0 Å². The Morgan fingerprint density at radius 2 is 1.63 bits per heavy atom. The van der Waals surface area contributed by atoms with Crippen LogP contribution in [0.1, 0.15) is 18.4 Å². The van der Waals surface area contributed by atoms with Gasteiger partial charge in [-0.1, -0.05) is 48.5 Å². The van der Waals surface area contributed by atoms with Gasteiger partial charge in [0.15, 0.2) is 0 Å². The molecule has 0 radical (unpaired) electrons. The molecule has 4 rings (SSSR count). The number of aromatic amines is 1. The third-order valence-electron chi connectivity index (χ3n) is 5.36. The van der Waals surface area contributed by atoms with Crippen molar-refractivity contribution in [3.8, 4) is 11.3 Å². The molecule has 0 saturated heterocycles. The first kappa shape index (κ1) is 17.6. The molecule has 27 heavy (non-hydrogen) atoms. The average molecular weight is 358 g/mol. The van der Waals surface area contributed by atoms with Gasteiger partial charge < -0.3 is 15.6 Å². The largest absolute Gasteiger partial charge is 0.378 e. The van der Waals surface area contributed by atoms with Gasteiger partial charge in [-0.05, 0) is 54.5 Å². The van der Waals surface area contributed by atoms with E-state index in [0.717, 1.165) is 25.8 Å². The predicted octanol–water partition coefficient (Wildman–Crippen LogP) is 5.34. The number of rotatable bonds is 6. The number of unbranched alkanes of at least 4 members (excludes halogenated alkanes) is 1. The summed E-state index contributed by atoms with van der Waals surface area (Å²) in [5.74, 6) is 0. The third kappa shape index (κ3) is 3.31. The molecular weight excluding hydrogens is 330 g/mol. The summed E-state index contributed by atoms with van der Waals surface area (Å²) < 4.78 is 0. The molecule has 4 aromatic rings. The second kappa shape index (κ2) is 7.45. The fraction of sp³-hybridized carbons (Fsp3) is 0.250. The number of H-pyrrole nitrogens is 1. The highest BCUT2D eigenvalue weighted by atomic mass is 15.1. The van der Waals surface area contributed by atoms with E-state index in [1.165, 1.54) is 44.2 Å². The van der Waals surface area contributed by atoms with Gasteiger partial charge in [-0.25, -0.2) is 0 Å². The fourth-order valence-electron chi connectivity index (χ4n) is 3.87. The highest BCUT2D eigenvalue weighted by Gasteiger charge is 2.15. The molecule has 1 aromatic heterocycles. The van der Waals surface area contributed by atoms with E-state index < -0.39 is 0 Å². The molecule has 3 aromatic carbocycles. The average Bonchev–Trinajstić information content (AvgIpc) is 3.07. The van der Waals surface area contributed by atoms with Gasteiger partial charge >= 0.3 is 0 Å². The van der Waals surface area contributed by atoms with Crippen molar-refractivity contribution in [2.45, 2.75) is 19.3 Å². The van der Waals surface area contributed by atoms with Gasteiger partial charge in [0.05, 0.1) is 5.52 Å². The Labute approximate surface area is 160 Å². The van der Waals surface area contributed by atoms with E-state index in [2.05, 4.69) is 84.6 Å². The number of hydrogen-bond donors (Lipinski definition) is 2. The van der Waals surface area contributed by atoms with Crippen molar-refractivity contribution in [1.29, 1.82) is 0 Å². The van der Waals surface area contributed by atoms with Crippen molar-refractivity contribution in [3.63, 3.8) is 0 Å². The summed E-state index contributed by atoms with van der Waals surface area (Å²) in [6, 6.07) is 21.9. The Morgan fingerprint density at radius 3 is 2.37 bits per heavy atom. The van der Waals surface area contributed by atoms with Crippen LogP contribution in [0.15, 0.2) is 60.7 Å². The van der Waals surface area contributed by atoms with Crippen LogP contribution >= 0.6 is 0 Å². The standard InChI is InChI=1S/C24H27N3/c1-27(2)19-13-10-18(11-14-19)23-21(9-5-6-16-25)22-15-12-17-7-3-4-8-20(17)24(22)26-23/h3-4,7-8,10-15,26H,5-6,9,16,25H2,1-2H3. The van der Waals surface area contributed by atoms with E-state index in [-0.39, 0.29) is 0 Å². The highest BCUT2D eigenvalue weighted by Crippen LogP contribution is 2.35. The lowest BCUT2D eigenvalue weighted by Crippen LogP contribution is -2.07. The predicted molar refractivity (Wildman–Crippen MR) is 118 cm³/mol. The smallest absolute Gasteiger partial charge is 0.0541 e. The SMILES string of the molecule is CN(C)c1ccc(-c2[nH]c3c(ccc4ccccc43)c2CCCCN)cc1. The lowest BCUT2D eigenvalue weighted by atomic mass is 9.98. The van der Waals surface area contributed by atoms with E-state index in [1.807, 2.05) is 0 Å². The van der Waals surface area contributed by atoms with Crippen molar-refractivity contribution in [3.05, 3.63) is 66.2 Å². The van der Waals surface area contributed by atoms with Gasteiger partial charge in [-0.3, -0.25) is 0 Å². The Morgan fingerprint density at radius 1 is 0.852 bits per heavy atom. The number of nitrogens with one attached hydrogen (secondary N) is 1. The number of nitrogens with two attached hydrogens (primary N) is 1. The normalized spacial score (nSPS) is 11.4. The minimum Gasteiger partial charge on any atom is -0.378 e. The summed E-state index contributed by atoms with van der Waals surface area (Å²) in [6.07, 6.45) is 3.21. The molecule has 138 valence electrons. The molecule has 0 atom stereocenters. The van der Waals surface area contributed by atoms with Crippen LogP contribution in [0.5, 0.6) is 0 Å². The first-order valence-electron chi connectivity index (χ1n) is 9.69. The zero-order valence-corrected chi connectivity index (χ0v) is 16.1. The Bertz CT molecular complexity index is 1060. The Hall–Kier alpha value is -2.78. The summed E-state index contributed by atoms with van der Waals surface area (Å²) in [6.45, 7) is 0.748. The first-order valence-corrected chi connectivity index (χ1v) is 9.69. The molecule has 1 heterocycles. The number of benzene rings is 3. The number of fused-ring (bicyclic) bond motifs is 3. The Balaban J connectivity index is 1.88. The minimum atomic E-state index is 0.748. The molecule has 0 fully saturated rings. The molecule has 0 aliphatic heterocycles.